The van der Waals surface area contributed by atoms with E-state index in [1.165, 1.54) is 0 Å². The lowest BCUT2D eigenvalue weighted by Gasteiger charge is -2.33. The van der Waals surface area contributed by atoms with E-state index in [-0.39, 0.29) is 5.91 Å². The molecule has 1 fully saturated rings. The molecule has 0 atom stereocenters. The molecule has 0 spiro atoms. The molecule has 1 aliphatic rings. The molecule has 0 radical (unpaired) electrons. The molecule has 0 aliphatic carbocycles. The van der Waals surface area contributed by atoms with Crippen molar-refractivity contribution in [3.8, 4) is 11.5 Å². The van der Waals surface area contributed by atoms with Gasteiger partial charge < -0.3 is 24.6 Å². The van der Waals surface area contributed by atoms with Gasteiger partial charge in [0.1, 0.15) is 23.8 Å². The Kier molecular flexibility index (Phi) is 7.24. The molecule has 2 heterocycles. The molecule has 0 saturated carbocycles. The van der Waals surface area contributed by atoms with Gasteiger partial charge in [-0.1, -0.05) is 6.92 Å². The van der Waals surface area contributed by atoms with E-state index < -0.39 is 0 Å². The highest BCUT2D eigenvalue weighted by Gasteiger charge is 2.23. The van der Waals surface area contributed by atoms with Crippen LogP contribution in [0.15, 0.2) is 30.3 Å². The van der Waals surface area contributed by atoms with Crippen LogP contribution in [0.1, 0.15) is 23.1 Å². The minimum Gasteiger partial charge on any atom is -0.497 e. The fourth-order valence-corrected chi connectivity index (χ4v) is 3.19. The number of methoxy groups -OCH3 is 1. The van der Waals surface area contributed by atoms with Crippen LogP contribution in [0.2, 0.25) is 0 Å². The van der Waals surface area contributed by atoms with Crippen molar-refractivity contribution >= 4 is 11.9 Å². The van der Waals surface area contributed by atoms with Crippen LogP contribution in [-0.2, 0) is 0 Å². The summed E-state index contributed by atoms with van der Waals surface area (Å²) in [7, 11) is 1.63. The van der Waals surface area contributed by atoms with Crippen LogP contribution in [0.3, 0.4) is 0 Å². The number of rotatable bonds is 8. The number of likely N-dealkylation sites (N-methyl/N-ethyl adjacent to an activating group) is 1. The van der Waals surface area contributed by atoms with Crippen LogP contribution < -0.4 is 14.8 Å². The predicted octanol–water partition coefficient (Wildman–Crippen LogP) is 2.06. The van der Waals surface area contributed by atoms with Crippen molar-refractivity contribution in [3.05, 3.63) is 41.7 Å². The van der Waals surface area contributed by atoms with Gasteiger partial charge in [0.15, 0.2) is 0 Å². The maximum Gasteiger partial charge on any atom is 0.272 e. The Morgan fingerprint density at radius 3 is 2.45 bits per heavy atom. The Labute approximate surface area is 171 Å². The van der Waals surface area contributed by atoms with Crippen molar-refractivity contribution < 1.29 is 14.3 Å². The van der Waals surface area contributed by atoms with Gasteiger partial charge >= 0.3 is 0 Å². The summed E-state index contributed by atoms with van der Waals surface area (Å²) >= 11 is 0. The predicted molar refractivity (Wildman–Crippen MR) is 112 cm³/mol. The summed E-state index contributed by atoms with van der Waals surface area (Å²) in [6.07, 6.45) is 0. The van der Waals surface area contributed by atoms with Crippen molar-refractivity contribution in [1.29, 1.82) is 0 Å². The Balaban J connectivity index is 1.52. The summed E-state index contributed by atoms with van der Waals surface area (Å²) in [5, 5.41) is 3.14. The molecule has 1 amide bonds. The van der Waals surface area contributed by atoms with Gasteiger partial charge in [-0.25, -0.2) is 9.97 Å². The molecule has 1 N–H and O–H groups in total. The lowest BCUT2D eigenvalue weighted by Crippen LogP contribution is -2.48. The van der Waals surface area contributed by atoms with Gasteiger partial charge in [0.2, 0.25) is 5.95 Å². The smallest absolute Gasteiger partial charge is 0.272 e. The molecule has 2 aromatic rings. The summed E-state index contributed by atoms with van der Waals surface area (Å²) in [4.78, 5) is 25.8. The standard InChI is InChI=1S/C21H29N5O3/c1-4-25-10-12-26(13-11-25)20(27)19-15-16(2)23-21(24-19)22-9-14-29-18-7-5-17(28-3)6-8-18/h5-8,15H,4,9-14H2,1-3H3,(H,22,23,24). The molecule has 8 nitrogen and oxygen atoms in total. The summed E-state index contributed by atoms with van der Waals surface area (Å²) < 4.78 is 10.8. The third kappa shape index (κ3) is 5.80. The fourth-order valence-electron chi connectivity index (χ4n) is 3.19. The molecule has 0 unspecified atom stereocenters. The Morgan fingerprint density at radius 2 is 1.79 bits per heavy atom. The van der Waals surface area contributed by atoms with Crippen LogP contribution in [0.25, 0.3) is 0 Å². The normalized spacial score (nSPS) is 14.5. The molecule has 1 aromatic heterocycles. The number of aromatic nitrogens is 2. The highest BCUT2D eigenvalue weighted by atomic mass is 16.5. The van der Waals surface area contributed by atoms with Crippen molar-refractivity contribution in [2.24, 2.45) is 0 Å². The number of amides is 1. The van der Waals surface area contributed by atoms with Gasteiger partial charge in [-0.05, 0) is 43.8 Å². The molecule has 29 heavy (non-hydrogen) atoms. The highest BCUT2D eigenvalue weighted by Crippen LogP contribution is 2.17. The number of ether oxygens (including phenoxy) is 2. The molecule has 1 aromatic carbocycles. The number of nitrogens with zero attached hydrogens (tertiary/aromatic N) is 4. The largest absolute Gasteiger partial charge is 0.497 e. The van der Waals surface area contributed by atoms with Crippen LogP contribution in [0, 0.1) is 6.92 Å². The van der Waals surface area contributed by atoms with E-state index in [0.717, 1.165) is 49.9 Å². The van der Waals surface area contributed by atoms with Crippen molar-refractivity contribution in [1.82, 2.24) is 19.8 Å². The maximum absolute atomic E-state index is 12.8. The Hall–Kier alpha value is -2.87. The molecular weight excluding hydrogens is 370 g/mol. The van der Waals surface area contributed by atoms with E-state index >= 15 is 0 Å². The second-order valence-corrected chi connectivity index (χ2v) is 6.90. The van der Waals surface area contributed by atoms with Crippen molar-refractivity contribution in [2.75, 3.05) is 58.3 Å². The number of carbonyl (C=O) groups excluding carboxylic acids is 1. The Morgan fingerprint density at radius 1 is 1.10 bits per heavy atom. The first-order valence-electron chi connectivity index (χ1n) is 9.97. The summed E-state index contributed by atoms with van der Waals surface area (Å²) in [5.41, 5.74) is 1.19. The van der Waals surface area contributed by atoms with Gasteiger partial charge in [0.05, 0.1) is 13.7 Å². The van der Waals surface area contributed by atoms with Gasteiger partial charge in [0.25, 0.3) is 5.91 Å². The Bertz CT molecular complexity index is 804. The number of hydrogen-bond donors (Lipinski definition) is 1. The average molecular weight is 399 g/mol. The topological polar surface area (TPSA) is 79.8 Å². The van der Waals surface area contributed by atoms with E-state index in [0.29, 0.717) is 24.8 Å². The molecule has 156 valence electrons. The van der Waals surface area contributed by atoms with E-state index in [9.17, 15) is 4.79 Å². The van der Waals surface area contributed by atoms with Crippen molar-refractivity contribution in [2.45, 2.75) is 13.8 Å². The monoisotopic (exact) mass is 399 g/mol. The first-order valence-corrected chi connectivity index (χ1v) is 9.97. The second kappa shape index (κ2) is 10.1. The van der Waals surface area contributed by atoms with E-state index in [4.69, 9.17) is 9.47 Å². The van der Waals surface area contributed by atoms with Gasteiger partial charge in [0, 0.05) is 31.9 Å². The number of benzene rings is 1. The maximum atomic E-state index is 12.8. The second-order valence-electron chi connectivity index (χ2n) is 6.90. The molecular formula is C21H29N5O3. The summed E-state index contributed by atoms with van der Waals surface area (Å²) in [6, 6.07) is 9.16. The quantitative estimate of drug-likeness (QED) is 0.681. The average Bonchev–Trinajstić information content (AvgIpc) is 2.76. The summed E-state index contributed by atoms with van der Waals surface area (Å²) in [6.45, 7) is 9.27. The van der Waals surface area contributed by atoms with E-state index in [2.05, 4.69) is 27.1 Å². The SMILES string of the molecule is CCN1CCN(C(=O)c2cc(C)nc(NCCOc3ccc(OC)cc3)n2)CC1. The number of hydrogen-bond acceptors (Lipinski definition) is 7. The lowest BCUT2D eigenvalue weighted by atomic mass is 10.2. The molecule has 1 saturated heterocycles. The number of anilines is 1. The zero-order chi connectivity index (χ0) is 20.6. The van der Waals surface area contributed by atoms with Crippen LogP contribution >= 0.6 is 0 Å². The van der Waals surface area contributed by atoms with Crippen molar-refractivity contribution in [3.63, 3.8) is 0 Å². The van der Waals surface area contributed by atoms with E-state index in [1.807, 2.05) is 36.1 Å². The highest BCUT2D eigenvalue weighted by molar-refractivity contribution is 5.92. The number of nitrogens with one attached hydrogen (secondary N) is 1. The molecule has 3 rings (SSSR count). The third-order valence-corrected chi connectivity index (χ3v) is 4.89. The van der Waals surface area contributed by atoms with Gasteiger partial charge in [-0.15, -0.1) is 0 Å². The first-order chi connectivity index (χ1) is 14.1. The molecule has 8 heteroatoms. The third-order valence-electron chi connectivity index (χ3n) is 4.89. The fraction of sp³-hybridized carbons (Fsp3) is 0.476. The number of aryl methyl sites for hydroxylation is 1. The first kappa shape index (κ1) is 20.9. The number of piperazine rings is 1. The molecule has 0 bridgehead atoms. The van der Waals surface area contributed by atoms with Crippen LogP contribution in [0.5, 0.6) is 11.5 Å². The minimum atomic E-state index is -0.0382. The van der Waals surface area contributed by atoms with Gasteiger partial charge in [-0.2, -0.15) is 0 Å². The zero-order valence-electron chi connectivity index (χ0n) is 17.4. The van der Waals surface area contributed by atoms with Crippen LogP contribution in [-0.4, -0.2) is 78.7 Å². The minimum absolute atomic E-state index is 0.0382. The van der Waals surface area contributed by atoms with E-state index in [1.54, 1.807) is 13.2 Å². The molecule has 1 aliphatic heterocycles. The summed E-state index contributed by atoms with van der Waals surface area (Å²) in [5.74, 6) is 1.96. The lowest BCUT2D eigenvalue weighted by molar-refractivity contribution is 0.0637. The van der Waals surface area contributed by atoms with Crippen LogP contribution in [0.4, 0.5) is 5.95 Å². The van der Waals surface area contributed by atoms with Gasteiger partial charge in [-0.3, -0.25) is 4.79 Å². The number of carbonyl (C=O) groups is 1. The zero-order valence-corrected chi connectivity index (χ0v) is 17.4.